The van der Waals surface area contributed by atoms with Gasteiger partial charge in [0.15, 0.2) is 0 Å². The van der Waals surface area contributed by atoms with E-state index in [9.17, 15) is 0 Å². The molecule has 3 rings (SSSR count). The summed E-state index contributed by atoms with van der Waals surface area (Å²) in [6.07, 6.45) is 7.88. The number of nitrogens with zero attached hydrogens (tertiary/aromatic N) is 3. The van der Waals surface area contributed by atoms with E-state index in [1.807, 2.05) is 18.2 Å². The van der Waals surface area contributed by atoms with Crippen LogP contribution in [0.15, 0.2) is 18.2 Å². The lowest BCUT2D eigenvalue weighted by atomic mass is 10.0. The van der Waals surface area contributed by atoms with Gasteiger partial charge in [-0.15, -0.1) is 0 Å². The number of aromatic nitrogens is 2. The first-order valence-electron chi connectivity index (χ1n) is 8.10. The van der Waals surface area contributed by atoms with Gasteiger partial charge in [-0.1, -0.05) is 25.7 Å². The van der Waals surface area contributed by atoms with Crippen molar-refractivity contribution >= 4 is 11.0 Å². The molecule has 1 fully saturated rings. The molecule has 3 heteroatoms. The van der Waals surface area contributed by atoms with Gasteiger partial charge in [-0.3, -0.25) is 0 Å². The zero-order valence-corrected chi connectivity index (χ0v) is 13.0. The number of hydrogen-bond acceptors (Lipinski definition) is 2. The number of aryl methyl sites for hydroxylation is 1. The van der Waals surface area contributed by atoms with Crippen LogP contribution in [0.25, 0.3) is 11.0 Å². The third-order valence-corrected chi connectivity index (χ3v) is 4.66. The summed E-state index contributed by atoms with van der Waals surface area (Å²) < 4.78 is 2.34. The highest BCUT2D eigenvalue weighted by atomic mass is 15.1. The van der Waals surface area contributed by atoms with Crippen LogP contribution < -0.4 is 0 Å². The number of imidazole rings is 1. The number of fused-ring (bicyclic) bond motifs is 1. The maximum atomic E-state index is 9.04. The first kappa shape index (κ1) is 14.1. The van der Waals surface area contributed by atoms with Gasteiger partial charge in [0, 0.05) is 12.5 Å². The first-order valence-corrected chi connectivity index (χ1v) is 8.10. The number of benzene rings is 1. The SMILES string of the molecule is CC(C)n1c(CCC2CCCC2)nc2cc(C#N)ccc21. The van der Waals surface area contributed by atoms with E-state index in [4.69, 9.17) is 10.2 Å². The Bertz CT molecular complexity index is 670. The van der Waals surface area contributed by atoms with Crippen LogP contribution in [-0.4, -0.2) is 9.55 Å². The summed E-state index contributed by atoms with van der Waals surface area (Å²) >= 11 is 0. The molecule has 21 heavy (non-hydrogen) atoms. The fraction of sp³-hybridized carbons (Fsp3) is 0.556. The Hall–Kier alpha value is -1.82. The van der Waals surface area contributed by atoms with Gasteiger partial charge in [-0.25, -0.2) is 4.98 Å². The summed E-state index contributed by atoms with van der Waals surface area (Å²) in [5.74, 6) is 2.07. The zero-order valence-electron chi connectivity index (χ0n) is 13.0. The van der Waals surface area contributed by atoms with Crippen molar-refractivity contribution in [2.75, 3.05) is 0 Å². The molecule has 0 atom stereocenters. The van der Waals surface area contributed by atoms with E-state index in [-0.39, 0.29) is 0 Å². The van der Waals surface area contributed by atoms with E-state index < -0.39 is 0 Å². The molecule has 0 spiro atoms. The van der Waals surface area contributed by atoms with E-state index in [0.717, 1.165) is 23.4 Å². The summed E-state index contributed by atoms with van der Waals surface area (Å²) in [4.78, 5) is 4.82. The highest BCUT2D eigenvalue weighted by Crippen LogP contribution is 2.30. The highest BCUT2D eigenvalue weighted by molar-refractivity contribution is 5.78. The molecule has 0 N–H and O–H groups in total. The molecule has 1 heterocycles. The minimum absolute atomic E-state index is 0.404. The molecule has 0 radical (unpaired) electrons. The van der Waals surface area contributed by atoms with E-state index >= 15 is 0 Å². The summed E-state index contributed by atoms with van der Waals surface area (Å²) in [5.41, 5.74) is 2.81. The molecule has 3 nitrogen and oxygen atoms in total. The quantitative estimate of drug-likeness (QED) is 0.821. The largest absolute Gasteiger partial charge is 0.325 e. The number of nitriles is 1. The van der Waals surface area contributed by atoms with Crippen LogP contribution in [0.4, 0.5) is 0 Å². The van der Waals surface area contributed by atoms with Crippen molar-refractivity contribution < 1.29 is 0 Å². The first-order chi connectivity index (χ1) is 10.2. The molecule has 2 aromatic rings. The zero-order chi connectivity index (χ0) is 14.8. The van der Waals surface area contributed by atoms with Crippen molar-refractivity contribution in [1.29, 1.82) is 5.26 Å². The molecule has 0 amide bonds. The lowest BCUT2D eigenvalue weighted by Crippen LogP contribution is -2.08. The Morgan fingerprint density at radius 1 is 1.33 bits per heavy atom. The van der Waals surface area contributed by atoms with Gasteiger partial charge in [0.1, 0.15) is 5.82 Å². The molecule has 1 aliphatic rings. The lowest BCUT2D eigenvalue weighted by Gasteiger charge is -2.14. The predicted molar refractivity (Wildman–Crippen MR) is 85.1 cm³/mol. The van der Waals surface area contributed by atoms with Crippen molar-refractivity contribution in [3.8, 4) is 6.07 Å². The number of rotatable bonds is 4. The maximum Gasteiger partial charge on any atom is 0.110 e. The summed E-state index contributed by atoms with van der Waals surface area (Å²) in [6, 6.07) is 8.45. The Labute approximate surface area is 126 Å². The molecule has 0 saturated heterocycles. The van der Waals surface area contributed by atoms with Gasteiger partial charge in [0.2, 0.25) is 0 Å². The van der Waals surface area contributed by atoms with Crippen LogP contribution in [0.3, 0.4) is 0 Å². The van der Waals surface area contributed by atoms with Crippen LogP contribution in [0.5, 0.6) is 0 Å². The molecule has 0 aliphatic heterocycles. The van der Waals surface area contributed by atoms with E-state index in [0.29, 0.717) is 11.6 Å². The molecule has 1 aromatic heterocycles. The number of hydrogen-bond donors (Lipinski definition) is 0. The van der Waals surface area contributed by atoms with E-state index in [1.54, 1.807) is 0 Å². The molecular formula is C18H23N3. The second kappa shape index (κ2) is 5.89. The fourth-order valence-corrected chi connectivity index (χ4v) is 3.60. The van der Waals surface area contributed by atoms with E-state index in [1.165, 1.54) is 37.9 Å². The average Bonchev–Trinajstić information content (AvgIpc) is 3.10. The summed E-state index contributed by atoms with van der Waals surface area (Å²) in [5, 5.41) is 9.04. The Morgan fingerprint density at radius 3 is 2.76 bits per heavy atom. The predicted octanol–water partition coefficient (Wildman–Crippen LogP) is 4.61. The minimum atomic E-state index is 0.404. The average molecular weight is 281 g/mol. The Morgan fingerprint density at radius 2 is 2.10 bits per heavy atom. The molecule has 0 bridgehead atoms. The van der Waals surface area contributed by atoms with Crippen LogP contribution in [0, 0.1) is 17.2 Å². The molecular weight excluding hydrogens is 258 g/mol. The van der Waals surface area contributed by atoms with Crippen molar-refractivity contribution in [1.82, 2.24) is 9.55 Å². The van der Waals surface area contributed by atoms with Crippen molar-refractivity contribution in [2.45, 2.75) is 58.4 Å². The smallest absolute Gasteiger partial charge is 0.110 e. The van der Waals surface area contributed by atoms with Gasteiger partial charge in [-0.2, -0.15) is 5.26 Å². The third-order valence-electron chi connectivity index (χ3n) is 4.66. The topological polar surface area (TPSA) is 41.6 Å². The maximum absolute atomic E-state index is 9.04. The molecule has 1 saturated carbocycles. The fourth-order valence-electron chi connectivity index (χ4n) is 3.60. The van der Waals surface area contributed by atoms with Crippen molar-refractivity contribution in [2.24, 2.45) is 5.92 Å². The van der Waals surface area contributed by atoms with Crippen molar-refractivity contribution in [3.05, 3.63) is 29.6 Å². The summed E-state index contributed by atoms with van der Waals surface area (Å²) in [7, 11) is 0. The standard InChI is InChI=1S/C18H23N3/c1-13(2)21-17-9-7-15(12-19)11-16(17)20-18(21)10-8-14-5-3-4-6-14/h7,9,11,13-14H,3-6,8,10H2,1-2H3. The normalized spacial score (nSPS) is 15.9. The van der Waals surface area contributed by atoms with E-state index in [2.05, 4.69) is 24.5 Å². The van der Waals surface area contributed by atoms with Gasteiger partial charge in [0.25, 0.3) is 0 Å². The van der Waals surface area contributed by atoms with Gasteiger partial charge in [0.05, 0.1) is 22.7 Å². The molecule has 110 valence electrons. The minimum Gasteiger partial charge on any atom is -0.325 e. The van der Waals surface area contributed by atoms with Gasteiger partial charge < -0.3 is 4.57 Å². The second-order valence-corrected chi connectivity index (χ2v) is 6.50. The summed E-state index contributed by atoms with van der Waals surface area (Å²) in [6.45, 7) is 4.41. The van der Waals surface area contributed by atoms with Crippen LogP contribution in [-0.2, 0) is 6.42 Å². The molecule has 1 aliphatic carbocycles. The molecule has 1 aromatic carbocycles. The van der Waals surface area contributed by atoms with Gasteiger partial charge >= 0.3 is 0 Å². The van der Waals surface area contributed by atoms with Gasteiger partial charge in [-0.05, 0) is 44.4 Å². The monoisotopic (exact) mass is 281 g/mol. The third kappa shape index (κ3) is 2.81. The lowest BCUT2D eigenvalue weighted by molar-refractivity contribution is 0.481. The Kier molecular flexibility index (Phi) is 3.96. The van der Waals surface area contributed by atoms with Crippen LogP contribution >= 0.6 is 0 Å². The second-order valence-electron chi connectivity index (χ2n) is 6.50. The highest BCUT2D eigenvalue weighted by Gasteiger charge is 2.18. The Balaban J connectivity index is 1.92. The van der Waals surface area contributed by atoms with Crippen LogP contribution in [0.1, 0.15) is 63.4 Å². The molecule has 0 unspecified atom stereocenters. The van der Waals surface area contributed by atoms with Crippen LogP contribution in [0.2, 0.25) is 0 Å². The van der Waals surface area contributed by atoms with Crippen molar-refractivity contribution in [3.63, 3.8) is 0 Å².